The van der Waals surface area contributed by atoms with Gasteiger partial charge in [-0.1, -0.05) is 19.4 Å². The molecule has 0 unspecified atom stereocenters. The van der Waals surface area contributed by atoms with Crippen molar-refractivity contribution in [3.8, 4) is 0 Å². The molecule has 0 aromatic heterocycles. The Morgan fingerprint density at radius 3 is 2.59 bits per heavy atom. The molecule has 0 aliphatic carbocycles. The summed E-state index contributed by atoms with van der Waals surface area (Å²) in [6, 6.07) is 6.08. The lowest BCUT2D eigenvalue weighted by atomic mass is 10.2. The maximum Gasteiger partial charge on any atom is 0.251 e. The fraction of sp³-hybridized carbons (Fsp3) is 0.533. The average molecular weight is 327 g/mol. The van der Waals surface area contributed by atoms with E-state index < -0.39 is 10.0 Å². The highest BCUT2D eigenvalue weighted by Crippen LogP contribution is 2.11. The molecule has 1 aromatic rings. The standard InChI is InChI=1S/C15H25N3O3S/c1-4-5-9-16-15(19)13-7-6-8-14(12-13)22(20,21)17-10-11-18(2)3/h6-8,12,17H,4-5,9-11H2,1-3H3,(H,16,19). The van der Waals surface area contributed by atoms with E-state index in [0.29, 0.717) is 25.2 Å². The minimum Gasteiger partial charge on any atom is -0.352 e. The van der Waals surface area contributed by atoms with Gasteiger partial charge in [-0.3, -0.25) is 4.79 Å². The fourth-order valence-electron chi connectivity index (χ4n) is 1.77. The molecule has 0 bridgehead atoms. The number of likely N-dealkylation sites (N-methyl/N-ethyl adjacent to an activating group) is 1. The molecule has 0 aliphatic rings. The van der Waals surface area contributed by atoms with Crippen molar-refractivity contribution in [2.24, 2.45) is 0 Å². The molecular formula is C15H25N3O3S. The van der Waals surface area contributed by atoms with Gasteiger partial charge >= 0.3 is 0 Å². The van der Waals surface area contributed by atoms with Crippen molar-refractivity contribution < 1.29 is 13.2 Å². The first-order valence-electron chi connectivity index (χ1n) is 7.39. The number of nitrogens with zero attached hydrogens (tertiary/aromatic N) is 1. The second-order valence-electron chi connectivity index (χ2n) is 5.34. The van der Waals surface area contributed by atoms with Crippen LogP contribution in [0.15, 0.2) is 29.2 Å². The molecule has 1 rings (SSSR count). The van der Waals surface area contributed by atoms with Crippen LogP contribution in [0.25, 0.3) is 0 Å². The van der Waals surface area contributed by atoms with Crippen molar-refractivity contribution in [2.45, 2.75) is 24.7 Å². The van der Waals surface area contributed by atoms with Crippen LogP contribution in [0.1, 0.15) is 30.1 Å². The maximum absolute atomic E-state index is 12.2. The SMILES string of the molecule is CCCCNC(=O)c1cccc(S(=O)(=O)NCCN(C)C)c1. The number of hydrogen-bond acceptors (Lipinski definition) is 4. The summed E-state index contributed by atoms with van der Waals surface area (Å²) in [6.07, 6.45) is 1.89. The first kappa shape index (κ1) is 18.6. The largest absolute Gasteiger partial charge is 0.352 e. The summed E-state index contributed by atoms with van der Waals surface area (Å²) in [5.74, 6) is -0.251. The third-order valence-electron chi connectivity index (χ3n) is 3.07. The van der Waals surface area contributed by atoms with Gasteiger partial charge in [-0.2, -0.15) is 0 Å². The van der Waals surface area contributed by atoms with Gasteiger partial charge in [0.05, 0.1) is 4.90 Å². The molecule has 0 fully saturated rings. The van der Waals surface area contributed by atoms with Gasteiger partial charge in [-0.25, -0.2) is 13.1 Å². The highest BCUT2D eigenvalue weighted by molar-refractivity contribution is 7.89. The molecule has 0 saturated heterocycles. The van der Waals surface area contributed by atoms with Crippen LogP contribution in [0.3, 0.4) is 0 Å². The maximum atomic E-state index is 12.2. The van der Waals surface area contributed by atoms with Crippen LogP contribution in [-0.4, -0.2) is 53.0 Å². The number of sulfonamides is 1. The van der Waals surface area contributed by atoms with Crippen molar-refractivity contribution in [3.63, 3.8) is 0 Å². The molecule has 0 spiro atoms. The zero-order valence-corrected chi connectivity index (χ0v) is 14.2. The molecular weight excluding hydrogens is 302 g/mol. The Balaban J connectivity index is 2.75. The molecule has 0 radical (unpaired) electrons. The van der Waals surface area contributed by atoms with Crippen LogP contribution in [-0.2, 0) is 10.0 Å². The number of nitrogens with one attached hydrogen (secondary N) is 2. The van der Waals surface area contributed by atoms with E-state index in [-0.39, 0.29) is 10.8 Å². The Morgan fingerprint density at radius 2 is 1.95 bits per heavy atom. The second kappa shape index (κ2) is 8.87. The minimum absolute atomic E-state index is 0.106. The van der Waals surface area contributed by atoms with Crippen molar-refractivity contribution in [3.05, 3.63) is 29.8 Å². The van der Waals surface area contributed by atoms with Crippen molar-refractivity contribution >= 4 is 15.9 Å². The number of hydrogen-bond donors (Lipinski definition) is 2. The molecule has 7 heteroatoms. The Bertz CT molecular complexity index is 585. The van der Waals surface area contributed by atoms with Crippen molar-refractivity contribution in [1.29, 1.82) is 0 Å². The fourth-order valence-corrected chi connectivity index (χ4v) is 2.84. The average Bonchev–Trinajstić information content (AvgIpc) is 2.47. The van der Waals surface area contributed by atoms with E-state index in [2.05, 4.69) is 10.0 Å². The number of benzene rings is 1. The quantitative estimate of drug-likeness (QED) is 0.665. The molecule has 2 N–H and O–H groups in total. The van der Waals surface area contributed by atoms with Gasteiger partial charge in [-0.05, 0) is 38.7 Å². The molecule has 1 aromatic carbocycles. The van der Waals surface area contributed by atoms with E-state index in [1.807, 2.05) is 25.9 Å². The molecule has 0 atom stereocenters. The lowest BCUT2D eigenvalue weighted by Gasteiger charge is -2.11. The van der Waals surface area contributed by atoms with Crippen LogP contribution in [0.4, 0.5) is 0 Å². The zero-order chi connectivity index (χ0) is 16.6. The highest BCUT2D eigenvalue weighted by atomic mass is 32.2. The minimum atomic E-state index is -3.59. The van der Waals surface area contributed by atoms with Gasteiger partial charge in [0.1, 0.15) is 0 Å². The number of amides is 1. The summed E-state index contributed by atoms with van der Waals surface area (Å²) in [5.41, 5.74) is 0.353. The van der Waals surface area contributed by atoms with Gasteiger partial charge in [0.15, 0.2) is 0 Å². The number of unbranched alkanes of at least 4 members (excludes halogenated alkanes) is 1. The highest BCUT2D eigenvalue weighted by Gasteiger charge is 2.15. The van der Waals surface area contributed by atoms with E-state index in [1.54, 1.807) is 12.1 Å². The molecule has 6 nitrogen and oxygen atoms in total. The predicted molar refractivity (Wildman–Crippen MR) is 87.4 cm³/mol. The predicted octanol–water partition coefficient (Wildman–Crippen LogP) is 1.06. The normalized spacial score (nSPS) is 11.6. The second-order valence-corrected chi connectivity index (χ2v) is 7.11. The van der Waals surface area contributed by atoms with Gasteiger partial charge in [0.2, 0.25) is 10.0 Å². The molecule has 1 amide bonds. The number of carbonyl (C=O) groups is 1. The van der Waals surface area contributed by atoms with E-state index in [0.717, 1.165) is 12.8 Å². The van der Waals surface area contributed by atoms with Gasteiger partial charge in [0.25, 0.3) is 5.91 Å². The summed E-state index contributed by atoms with van der Waals surface area (Å²) in [6.45, 7) is 3.56. The van der Waals surface area contributed by atoms with Gasteiger partial charge < -0.3 is 10.2 Å². The zero-order valence-electron chi connectivity index (χ0n) is 13.4. The van der Waals surface area contributed by atoms with Crippen LogP contribution < -0.4 is 10.0 Å². The van der Waals surface area contributed by atoms with Gasteiger partial charge in [-0.15, -0.1) is 0 Å². The third-order valence-corrected chi connectivity index (χ3v) is 4.53. The van der Waals surface area contributed by atoms with Crippen LogP contribution in [0.5, 0.6) is 0 Å². The Hall–Kier alpha value is -1.44. The van der Waals surface area contributed by atoms with Crippen molar-refractivity contribution in [2.75, 3.05) is 33.7 Å². The van der Waals surface area contributed by atoms with Gasteiger partial charge in [0, 0.05) is 25.2 Å². The Labute approximate surface area is 132 Å². The summed E-state index contributed by atoms with van der Waals surface area (Å²) in [5, 5.41) is 2.78. The number of rotatable bonds is 9. The van der Waals surface area contributed by atoms with E-state index >= 15 is 0 Å². The summed E-state index contributed by atoms with van der Waals surface area (Å²) in [4.78, 5) is 14.0. The molecule has 0 heterocycles. The van der Waals surface area contributed by atoms with Crippen molar-refractivity contribution in [1.82, 2.24) is 14.9 Å². The third kappa shape index (κ3) is 6.13. The van der Waals surface area contributed by atoms with Crippen LogP contribution in [0, 0.1) is 0 Å². The summed E-state index contributed by atoms with van der Waals surface area (Å²) < 4.78 is 26.9. The number of carbonyl (C=O) groups excluding carboxylic acids is 1. The summed E-state index contributed by atoms with van der Waals surface area (Å²) in [7, 11) is 0.147. The van der Waals surface area contributed by atoms with E-state index in [9.17, 15) is 13.2 Å². The van der Waals surface area contributed by atoms with E-state index in [1.165, 1.54) is 12.1 Å². The first-order chi connectivity index (χ1) is 10.4. The Kier molecular flexibility index (Phi) is 7.50. The van der Waals surface area contributed by atoms with Crippen LogP contribution >= 0.6 is 0 Å². The first-order valence-corrected chi connectivity index (χ1v) is 8.88. The molecule has 22 heavy (non-hydrogen) atoms. The topological polar surface area (TPSA) is 78.5 Å². The lowest BCUT2D eigenvalue weighted by molar-refractivity contribution is 0.0953. The summed E-state index contributed by atoms with van der Waals surface area (Å²) >= 11 is 0. The molecule has 0 saturated carbocycles. The van der Waals surface area contributed by atoms with E-state index in [4.69, 9.17) is 0 Å². The molecule has 124 valence electrons. The van der Waals surface area contributed by atoms with Crippen LogP contribution in [0.2, 0.25) is 0 Å². The Morgan fingerprint density at radius 1 is 1.23 bits per heavy atom. The smallest absolute Gasteiger partial charge is 0.251 e. The lowest BCUT2D eigenvalue weighted by Crippen LogP contribution is -2.31. The monoisotopic (exact) mass is 327 g/mol. The molecule has 0 aliphatic heterocycles.